The Bertz CT molecular complexity index is 375. The third kappa shape index (κ3) is 5.22. The van der Waals surface area contributed by atoms with Crippen molar-refractivity contribution in [3.8, 4) is 5.75 Å². The molecule has 0 saturated heterocycles. The summed E-state index contributed by atoms with van der Waals surface area (Å²) in [5.74, 6) is -0.375. The summed E-state index contributed by atoms with van der Waals surface area (Å²) >= 11 is 0. The van der Waals surface area contributed by atoms with Crippen LogP contribution in [-0.4, -0.2) is 24.2 Å². The van der Waals surface area contributed by atoms with E-state index in [0.717, 1.165) is 12.1 Å². The Balaban J connectivity index is 0.00000324. The van der Waals surface area contributed by atoms with Crippen molar-refractivity contribution in [2.45, 2.75) is 25.0 Å². The zero-order valence-corrected chi connectivity index (χ0v) is 10.5. The number of halogens is 5. The average molecular weight is 304 g/mol. The average Bonchev–Trinajstić information content (AvgIpc) is 2.29. The molecule has 110 valence electrons. The second-order valence-electron chi connectivity index (χ2n) is 3.65. The predicted octanol–water partition coefficient (Wildman–Crippen LogP) is 2.73. The minimum absolute atomic E-state index is 0. The van der Waals surface area contributed by atoms with Crippen LogP contribution < -0.4 is 10.5 Å². The van der Waals surface area contributed by atoms with E-state index in [4.69, 9.17) is 10.8 Å². The van der Waals surface area contributed by atoms with Gasteiger partial charge in [0, 0.05) is 12.6 Å². The minimum atomic E-state index is -4.52. The molecule has 1 aromatic carbocycles. The van der Waals surface area contributed by atoms with Crippen LogP contribution >= 0.6 is 12.4 Å². The molecule has 1 atom stereocenters. The van der Waals surface area contributed by atoms with Gasteiger partial charge in [-0.2, -0.15) is 17.6 Å². The maximum Gasteiger partial charge on any atom is 0.461 e. The molecule has 19 heavy (non-hydrogen) atoms. The summed E-state index contributed by atoms with van der Waals surface area (Å²) in [6.07, 6.45) is -8.10. The molecule has 8 heteroatoms. The largest absolute Gasteiger partial charge is 0.461 e. The van der Waals surface area contributed by atoms with Crippen LogP contribution in [0.1, 0.15) is 18.0 Å². The van der Waals surface area contributed by atoms with E-state index in [0.29, 0.717) is 12.0 Å². The van der Waals surface area contributed by atoms with Gasteiger partial charge in [-0.15, -0.1) is 12.4 Å². The highest BCUT2D eigenvalue weighted by molar-refractivity contribution is 5.85. The normalized spacial score (nSPS) is 13.0. The zero-order valence-electron chi connectivity index (χ0n) is 9.73. The van der Waals surface area contributed by atoms with Gasteiger partial charge < -0.3 is 15.6 Å². The van der Waals surface area contributed by atoms with Crippen molar-refractivity contribution in [2.75, 3.05) is 6.61 Å². The highest BCUT2D eigenvalue weighted by Crippen LogP contribution is 2.28. The first-order chi connectivity index (χ1) is 8.36. The van der Waals surface area contributed by atoms with E-state index in [1.165, 1.54) is 12.1 Å². The van der Waals surface area contributed by atoms with Crippen LogP contribution in [0.3, 0.4) is 0 Å². The van der Waals surface area contributed by atoms with Crippen molar-refractivity contribution in [3.05, 3.63) is 29.8 Å². The summed E-state index contributed by atoms with van der Waals surface area (Å²) < 4.78 is 52.8. The van der Waals surface area contributed by atoms with Crippen LogP contribution in [0.5, 0.6) is 5.75 Å². The quantitative estimate of drug-likeness (QED) is 0.795. The highest BCUT2D eigenvalue weighted by atomic mass is 35.5. The second-order valence-corrected chi connectivity index (χ2v) is 3.65. The lowest BCUT2D eigenvalue weighted by Crippen LogP contribution is -2.33. The van der Waals surface area contributed by atoms with Gasteiger partial charge in [-0.25, -0.2) is 0 Å². The highest BCUT2D eigenvalue weighted by Gasteiger charge is 2.43. The third-order valence-electron chi connectivity index (χ3n) is 2.26. The van der Waals surface area contributed by atoms with Gasteiger partial charge >= 0.3 is 12.5 Å². The van der Waals surface area contributed by atoms with E-state index >= 15 is 0 Å². The fraction of sp³-hybridized carbons (Fsp3) is 0.455. The number of aliphatic hydroxyl groups excluding tert-OH is 1. The predicted molar refractivity (Wildman–Crippen MR) is 63.9 cm³/mol. The molecular weight excluding hydrogens is 290 g/mol. The summed E-state index contributed by atoms with van der Waals surface area (Å²) in [6.45, 7) is -0.108. The van der Waals surface area contributed by atoms with Crippen molar-refractivity contribution in [1.82, 2.24) is 0 Å². The molecule has 0 amide bonds. The summed E-state index contributed by atoms with van der Waals surface area (Å²) in [5, 5.41) is 8.68. The lowest BCUT2D eigenvalue weighted by molar-refractivity contribution is -0.253. The number of hydrogen-bond donors (Lipinski definition) is 2. The van der Waals surface area contributed by atoms with E-state index in [2.05, 4.69) is 4.74 Å². The number of alkyl halides is 4. The van der Waals surface area contributed by atoms with Crippen LogP contribution in [0, 0.1) is 0 Å². The molecule has 0 aliphatic rings. The number of benzene rings is 1. The van der Waals surface area contributed by atoms with Crippen LogP contribution in [0.25, 0.3) is 0 Å². The number of aliphatic hydroxyl groups is 1. The topological polar surface area (TPSA) is 55.5 Å². The van der Waals surface area contributed by atoms with Crippen molar-refractivity contribution in [3.63, 3.8) is 0 Å². The van der Waals surface area contributed by atoms with Crippen molar-refractivity contribution in [2.24, 2.45) is 5.73 Å². The van der Waals surface area contributed by atoms with Gasteiger partial charge in [0.1, 0.15) is 5.75 Å². The molecule has 0 radical (unpaired) electrons. The molecule has 1 rings (SSSR count). The van der Waals surface area contributed by atoms with Gasteiger partial charge in [-0.3, -0.25) is 0 Å². The molecule has 3 nitrogen and oxygen atoms in total. The third-order valence-corrected chi connectivity index (χ3v) is 2.26. The summed E-state index contributed by atoms with van der Waals surface area (Å²) in [4.78, 5) is 0. The molecule has 1 unspecified atom stereocenters. The van der Waals surface area contributed by atoms with Gasteiger partial charge in [-0.05, 0) is 24.1 Å². The smallest absolute Gasteiger partial charge is 0.428 e. The molecule has 0 aromatic heterocycles. The first kappa shape index (κ1) is 17.9. The van der Waals surface area contributed by atoms with Crippen molar-refractivity contribution < 1.29 is 27.4 Å². The first-order valence-corrected chi connectivity index (χ1v) is 5.18. The number of rotatable bonds is 6. The maximum absolute atomic E-state index is 12.6. The van der Waals surface area contributed by atoms with Crippen LogP contribution in [0.4, 0.5) is 17.6 Å². The molecule has 0 fully saturated rings. The van der Waals surface area contributed by atoms with Gasteiger partial charge in [0.05, 0.1) is 0 Å². The lowest BCUT2D eigenvalue weighted by atomic mass is 10.1. The maximum atomic E-state index is 12.6. The van der Waals surface area contributed by atoms with Crippen LogP contribution in [0.15, 0.2) is 24.3 Å². The summed E-state index contributed by atoms with van der Waals surface area (Å²) in [6, 6.07) is 4.58. The number of hydrogen-bond acceptors (Lipinski definition) is 3. The molecule has 0 heterocycles. The SMILES string of the molecule is Cl.NC(CCO)c1ccc(OC(F)(F)C(F)F)cc1. The number of nitrogens with two attached hydrogens (primary N) is 1. The molecule has 0 bridgehead atoms. The van der Waals surface area contributed by atoms with Crippen molar-refractivity contribution >= 4 is 12.4 Å². The van der Waals surface area contributed by atoms with Gasteiger partial charge in [0.15, 0.2) is 0 Å². The van der Waals surface area contributed by atoms with E-state index in [-0.39, 0.29) is 24.8 Å². The Hall–Kier alpha value is -1.05. The minimum Gasteiger partial charge on any atom is -0.428 e. The Morgan fingerprint density at radius 1 is 1.21 bits per heavy atom. The van der Waals surface area contributed by atoms with E-state index in [1.54, 1.807) is 0 Å². The molecule has 0 spiro atoms. The Kier molecular flexibility index (Phi) is 7.10. The Morgan fingerprint density at radius 3 is 2.16 bits per heavy atom. The molecule has 1 aromatic rings. The monoisotopic (exact) mass is 303 g/mol. The van der Waals surface area contributed by atoms with Gasteiger partial charge in [-0.1, -0.05) is 12.1 Å². The molecule has 0 aliphatic carbocycles. The molecular formula is C11H14ClF4NO2. The van der Waals surface area contributed by atoms with Crippen LogP contribution in [-0.2, 0) is 0 Å². The summed E-state index contributed by atoms with van der Waals surface area (Å²) in [7, 11) is 0. The summed E-state index contributed by atoms with van der Waals surface area (Å²) in [5.41, 5.74) is 6.26. The van der Waals surface area contributed by atoms with E-state index < -0.39 is 18.6 Å². The Labute approximate surface area is 113 Å². The lowest BCUT2D eigenvalue weighted by Gasteiger charge is -2.17. The van der Waals surface area contributed by atoms with E-state index in [1.807, 2.05) is 0 Å². The van der Waals surface area contributed by atoms with Gasteiger partial charge in [0.2, 0.25) is 0 Å². The standard InChI is InChI=1S/C11H13F4NO2.ClH/c12-10(13)11(14,15)18-8-3-1-7(2-4-8)9(16)5-6-17;/h1-4,9-10,17H,5-6,16H2;1H. The van der Waals surface area contributed by atoms with E-state index in [9.17, 15) is 17.6 Å². The molecule has 0 saturated carbocycles. The Morgan fingerprint density at radius 2 is 1.74 bits per heavy atom. The zero-order chi connectivity index (χ0) is 13.8. The molecule has 3 N–H and O–H groups in total. The second kappa shape index (κ2) is 7.52. The first-order valence-electron chi connectivity index (χ1n) is 5.18. The van der Waals surface area contributed by atoms with Crippen molar-refractivity contribution in [1.29, 1.82) is 0 Å². The molecule has 0 aliphatic heterocycles. The number of ether oxygens (including phenoxy) is 1. The fourth-order valence-corrected chi connectivity index (χ4v) is 1.29. The van der Waals surface area contributed by atoms with Gasteiger partial charge in [0.25, 0.3) is 0 Å². The van der Waals surface area contributed by atoms with Crippen LogP contribution in [0.2, 0.25) is 0 Å². The fourth-order valence-electron chi connectivity index (χ4n) is 1.29.